The van der Waals surface area contributed by atoms with E-state index in [0.29, 0.717) is 28.4 Å². The van der Waals surface area contributed by atoms with E-state index in [1.54, 1.807) is 29.8 Å². The van der Waals surface area contributed by atoms with Crippen molar-refractivity contribution in [2.45, 2.75) is 0 Å². The fraction of sp³-hybridized carbons (Fsp3) is 0. The lowest BCUT2D eigenvalue weighted by Gasteiger charge is -2.05. The van der Waals surface area contributed by atoms with Crippen molar-refractivity contribution in [3.63, 3.8) is 0 Å². The van der Waals surface area contributed by atoms with E-state index >= 15 is 4.39 Å². The third kappa shape index (κ3) is 2.76. The Labute approximate surface area is 178 Å². The van der Waals surface area contributed by atoms with Gasteiger partial charge in [-0.25, -0.2) is 19.3 Å². The van der Waals surface area contributed by atoms with Crippen LogP contribution in [0.1, 0.15) is 0 Å². The lowest BCUT2D eigenvalue weighted by Crippen LogP contribution is -1.93. The monoisotopic (exact) mass is 428 g/mol. The van der Waals surface area contributed by atoms with Crippen molar-refractivity contribution in [1.82, 2.24) is 35.1 Å². The number of nitrogens with one attached hydrogen (secondary N) is 2. The highest BCUT2D eigenvalue weighted by Crippen LogP contribution is 2.34. The Bertz CT molecular complexity index is 1570. The van der Waals surface area contributed by atoms with Crippen LogP contribution in [-0.2, 0) is 0 Å². The average molecular weight is 428 g/mol. The summed E-state index contributed by atoms with van der Waals surface area (Å²) in [6.45, 7) is 0. The van der Waals surface area contributed by atoms with Crippen LogP contribution in [0, 0.1) is 5.82 Å². The summed E-state index contributed by atoms with van der Waals surface area (Å²) in [6.07, 6.45) is 6.18. The molecule has 0 bridgehead atoms. The minimum Gasteiger partial charge on any atom is -0.397 e. The SMILES string of the molecule is Nc1cncc(-c2cnc3n[nH]c(-c4nc5nccc(-c6ccsc6)c5[nH]4)c3c2F)c1. The number of anilines is 1. The Hall–Kier alpha value is -4.18. The van der Waals surface area contributed by atoms with Gasteiger partial charge in [-0.05, 0) is 34.5 Å². The van der Waals surface area contributed by atoms with Gasteiger partial charge in [0.25, 0.3) is 0 Å². The predicted molar refractivity (Wildman–Crippen MR) is 118 cm³/mol. The summed E-state index contributed by atoms with van der Waals surface area (Å²) in [6, 6.07) is 5.60. The summed E-state index contributed by atoms with van der Waals surface area (Å²) in [7, 11) is 0. The molecule has 0 saturated heterocycles. The van der Waals surface area contributed by atoms with Gasteiger partial charge in [0.15, 0.2) is 17.1 Å². The fourth-order valence-corrected chi connectivity index (χ4v) is 4.27. The number of imidazole rings is 1. The second kappa shape index (κ2) is 6.67. The van der Waals surface area contributed by atoms with Crippen LogP contribution < -0.4 is 5.73 Å². The lowest BCUT2D eigenvalue weighted by molar-refractivity contribution is 0.642. The molecule has 0 unspecified atom stereocenters. The molecule has 0 aliphatic carbocycles. The zero-order valence-corrected chi connectivity index (χ0v) is 16.6. The van der Waals surface area contributed by atoms with Gasteiger partial charge >= 0.3 is 0 Å². The molecule has 0 spiro atoms. The van der Waals surface area contributed by atoms with E-state index < -0.39 is 5.82 Å². The standard InChI is InChI=1S/C21H13FN8S/c22-16-14(11-5-12(23)7-24-6-11)8-26-19-15(16)18(29-30-19)21-27-17-13(10-2-4-31-9-10)1-3-25-20(17)28-21/h1-9H,23H2,(H,25,27,28)(H,26,29,30). The normalized spacial score (nSPS) is 11.5. The molecule has 6 rings (SSSR count). The molecule has 31 heavy (non-hydrogen) atoms. The van der Waals surface area contributed by atoms with Gasteiger partial charge in [0.05, 0.1) is 16.6 Å². The van der Waals surface area contributed by atoms with Crippen molar-refractivity contribution < 1.29 is 4.39 Å². The van der Waals surface area contributed by atoms with Gasteiger partial charge in [0.2, 0.25) is 0 Å². The van der Waals surface area contributed by atoms with Gasteiger partial charge in [0.1, 0.15) is 11.5 Å². The van der Waals surface area contributed by atoms with Gasteiger partial charge in [-0.3, -0.25) is 10.1 Å². The minimum absolute atomic E-state index is 0.232. The number of aromatic amines is 2. The zero-order valence-electron chi connectivity index (χ0n) is 15.8. The van der Waals surface area contributed by atoms with Crippen molar-refractivity contribution >= 4 is 39.2 Å². The average Bonchev–Trinajstić information content (AvgIpc) is 3.52. The molecular weight excluding hydrogens is 415 g/mol. The van der Waals surface area contributed by atoms with Crippen LogP contribution in [0.5, 0.6) is 0 Å². The van der Waals surface area contributed by atoms with E-state index in [-0.39, 0.29) is 16.6 Å². The highest BCUT2D eigenvalue weighted by atomic mass is 32.1. The number of aromatic nitrogens is 7. The lowest BCUT2D eigenvalue weighted by atomic mass is 10.1. The molecule has 0 aliphatic rings. The summed E-state index contributed by atoms with van der Waals surface area (Å²) in [5, 5.41) is 11.3. The first-order valence-corrected chi connectivity index (χ1v) is 10.2. The predicted octanol–water partition coefficient (Wildman–Crippen LogP) is 4.41. The highest BCUT2D eigenvalue weighted by Gasteiger charge is 2.21. The maximum absolute atomic E-state index is 15.6. The number of H-pyrrole nitrogens is 2. The van der Waals surface area contributed by atoms with Crippen molar-refractivity contribution in [2.24, 2.45) is 0 Å². The minimum atomic E-state index is -0.479. The maximum atomic E-state index is 15.6. The molecule has 6 heterocycles. The zero-order chi connectivity index (χ0) is 20.9. The summed E-state index contributed by atoms with van der Waals surface area (Å²) >= 11 is 1.61. The first kappa shape index (κ1) is 17.7. The van der Waals surface area contributed by atoms with Crippen molar-refractivity contribution in [2.75, 3.05) is 5.73 Å². The molecule has 10 heteroatoms. The molecule has 150 valence electrons. The highest BCUT2D eigenvalue weighted by molar-refractivity contribution is 7.08. The van der Waals surface area contributed by atoms with Crippen LogP contribution in [0.2, 0.25) is 0 Å². The van der Waals surface area contributed by atoms with E-state index in [4.69, 9.17) is 5.73 Å². The molecule has 8 nitrogen and oxygen atoms in total. The van der Waals surface area contributed by atoms with Gasteiger partial charge in [0, 0.05) is 41.5 Å². The quantitative estimate of drug-likeness (QED) is 0.384. The number of hydrogen-bond acceptors (Lipinski definition) is 7. The van der Waals surface area contributed by atoms with Crippen LogP contribution in [0.15, 0.2) is 53.7 Å². The van der Waals surface area contributed by atoms with E-state index in [0.717, 1.165) is 16.6 Å². The number of nitrogen functional groups attached to an aromatic ring is 1. The van der Waals surface area contributed by atoms with Crippen LogP contribution in [0.3, 0.4) is 0 Å². The summed E-state index contributed by atoms with van der Waals surface area (Å²) < 4.78 is 15.6. The molecule has 4 N–H and O–H groups in total. The van der Waals surface area contributed by atoms with Gasteiger partial charge in [-0.1, -0.05) is 0 Å². The first-order chi connectivity index (χ1) is 15.2. The third-order valence-electron chi connectivity index (χ3n) is 5.05. The smallest absolute Gasteiger partial charge is 0.184 e. The number of halogens is 1. The van der Waals surface area contributed by atoms with Gasteiger partial charge < -0.3 is 10.7 Å². The molecule has 6 aromatic rings. The van der Waals surface area contributed by atoms with Gasteiger partial charge in [-0.15, -0.1) is 0 Å². The number of nitrogens with zero attached hydrogens (tertiary/aromatic N) is 5. The van der Waals surface area contributed by atoms with E-state index in [2.05, 4.69) is 40.5 Å². The molecule has 0 atom stereocenters. The van der Waals surface area contributed by atoms with Crippen LogP contribution in [0.4, 0.5) is 10.1 Å². The molecule has 0 radical (unpaired) electrons. The summed E-state index contributed by atoms with van der Waals surface area (Å²) in [5.74, 6) is -0.0520. The Kier molecular flexibility index (Phi) is 3.80. The maximum Gasteiger partial charge on any atom is 0.184 e. The third-order valence-corrected chi connectivity index (χ3v) is 5.73. The fourth-order valence-electron chi connectivity index (χ4n) is 3.62. The molecule has 0 fully saturated rings. The first-order valence-electron chi connectivity index (χ1n) is 9.30. The van der Waals surface area contributed by atoms with Crippen LogP contribution in [-0.4, -0.2) is 35.1 Å². The van der Waals surface area contributed by atoms with Crippen molar-refractivity contribution in [3.8, 4) is 33.8 Å². The second-order valence-corrected chi connectivity index (χ2v) is 7.72. The molecule has 6 aromatic heterocycles. The summed E-state index contributed by atoms with van der Waals surface area (Å²) in [4.78, 5) is 20.5. The number of nitrogens with two attached hydrogens (primary N) is 1. The van der Waals surface area contributed by atoms with E-state index in [1.807, 2.05) is 17.5 Å². The number of thiophene rings is 1. The number of fused-ring (bicyclic) bond motifs is 2. The van der Waals surface area contributed by atoms with Gasteiger partial charge in [-0.2, -0.15) is 16.4 Å². The van der Waals surface area contributed by atoms with Crippen molar-refractivity contribution in [3.05, 3.63) is 59.6 Å². The number of hydrogen-bond donors (Lipinski definition) is 3. The Morgan fingerprint density at radius 2 is 1.94 bits per heavy atom. The van der Waals surface area contributed by atoms with Crippen LogP contribution in [0.25, 0.3) is 56.0 Å². The van der Waals surface area contributed by atoms with Crippen molar-refractivity contribution in [1.29, 1.82) is 0 Å². The Morgan fingerprint density at radius 3 is 2.77 bits per heavy atom. The van der Waals surface area contributed by atoms with E-state index in [1.165, 1.54) is 12.4 Å². The molecule has 0 aliphatic heterocycles. The Balaban J connectivity index is 1.56. The second-order valence-electron chi connectivity index (χ2n) is 6.94. The Morgan fingerprint density at radius 1 is 1.00 bits per heavy atom. The van der Waals surface area contributed by atoms with E-state index in [9.17, 15) is 0 Å². The number of rotatable bonds is 3. The molecule has 0 aromatic carbocycles. The molecule has 0 saturated carbocycles. The number of pyridine rings is 3. The molecular formula is C21H13FN8S. The molecule has 0 amide bonds. The van der Waals surface area contributed by atoms with Crippen LogP contribution >= 0.6 is 11.3 Å². The largest absolute Gasteiger partial charge is 0.397 e. The topological polar surface area (TPSA) is 122 Å². The summed E-state index contributed by atoms with van der Waals surface area (Å²) in [5.41, 5.74) is 11.0.